The van der Waals surface area contributed by atoms with Gasteiger partial charge in [-0.25, -0.2) is 22.5 Å². The smallest absolute Gasteiger partial charge is 0.340 e. The standard InChI is InChI=1S/C20H16N2O5S/c1-12-13-7-3-5-9-15(13)21-16(18(12)20(24)27-2)11-22-19(23)14-8-4-6-10-17(14)28(22,25)26/h3-10H,11H2,1-2H3. The van der Waals surface area contributed by atoms with Crippen LogP contribution in [0, 0.1) is 6.92 Å². The van der Waals surface area contributed by atoms with Crippen molar-refractivity contribution in [2.75, 3.05) is 7.11 Å². The second-order valence-corrected chi connectivity index (χ2v) is 8.21. The van der Waals surface area contributed by atoms with Crippen LogP contribution in [0.4, 0.5) is 0 Å². The van der Waals surface area contributed by atoms with Crippen molar-refractivity contribution in [1.29, 1.82) is 0 Å². The van der Waals surface area contributed by atoms with Gasteiger partial charge in [0, 0.05) is 5.39 Å². The first-order valence-corrected chi connectivity index (χ1v) is 9.93. The van der Waals surface area contributed by atoms with Crippen LogP contribution in [0.2, 0.25) is 0 Å². The van der Waals surface area contributed by atoms with E-state index in [0.29, 0.717) is 11.1 Å². The summed E-state index contributed by atoms with van der Waals surface area (Å²) in [6, 6.07) is 13.2. The van der Waals surface area contributed by atoms with E-state index in [2.05, 4.69) is 4.98 Å². The van der Waals surface area contributed by atoms with E-state index in [4.69, 9.17) is 4.74 Å². The molecule has 0 aliphatic carbocycles. The number of para-hydroxylation sites is 1. The number of esters is 1. The highest BCUT2D eigenvalue weighted by atomic mass is 32.2. The number of amides is 1. The molecule has 8 heteroatoms. The van der Waals surface area contributed by atoms with Gasteiger partial charge in [-0.3, -0.25) is 4.79 Å². The van der Waals surface area contributed by atoms with Crippen molar-refractivity contribution in [3.8, 4) is 0 Å². The fourth-order valence-electron chi connectivity index (χ4n) is 3.45. The predicted molar refractivity (Wildman–Crippen MR) is 101 cm³/mol. The third-order valence-electron chi connectivity index (χ3n) is 4.82. The maximum absolute atomic E-state index is 12.9. The average Bonchev–Trinajstić information content (AvgIpc) is 2.89. The Morgan fingerprint density at radius 3 is 2.50 bits per heavy atom. The molecule has 0 unspecified atom stereocenters. The van der Waals surface area contributed by atoms with Crippen molar-refractivity contribution >= 4 is 32.8 Å². The second kappa shape index (κ2) is 6.42. The molecule has 0 atom stereocenters. The zero-order chi connectivity index (χ0) is 20.1. The van der Waals surface area contributed by atoms with Gasteiger partial charge in [-0.05, 0) is 30.7 Å². The van der Waals surface area contributed by atoms with Gasteiger partial charge in [0.25, 0.3) is 15.9 Å². The lowest BCUT2D eigenvalue weighted by molar-refractivity contribution is 0.0596. The zero-order valence-corrected chi connectivity index (χ0v) is 16.0. The fourth-order valence-corrected chi connectivity index (χ4v) is 4.98. The molecule has 1 aliphatic rings. The van der Waals surface area contributed by atoms with Gasteiger partial charge in [0.05, 0.1) is 36.0 Å². The lowest BCUT2D eigenvalue weighted by Crippen LogP contribution is -2.31. The lowest BCUT2D eigenvalue weighted by Gasteiger charge is -2.18. The summed E-state index contributed by atoms with van der Waals surface area (Å²) < 4.78 is 31.3. The quantitative estimate of drug-likeness (QED) is 0.632. The number of hydrogen-bond acceptors (Lipinski definition) is 6. The van der Waals surface area contributed by atoms with E-state index in [-0.39, 0.29) is 28.3 Å². The molecule has 0 saturated carbocycles. The maximum Gasteiger partial charge on any atom is 0.340 e. The monoisotopic (exact) mass is 396 g/mol. The minimum Gasteiger partial charge on any atom is -0.465 e. The summed E-state index contributed by atoms with van der Waals surface area (Å²) in [5, 5.41) is 0.755. The van der Waals surface area contributed by atoms with Gasteiger partial charge in [-0.15, -0.1) is 0 Å². The van der Waals surface area contributed by atoms with E-state index < -0.39 is 21.9 Å². The molecular weight excluding hydrogens is 380 g/mol. The highest BCUT2D eigenvalue weighted by molar-refractivity contribution is 7.90. The van der Waals surface area contributed by atoms with Crippen molar-refractivity contribution in [3.05, 3.63) is 70.9 Å². The number of sulfonamides is 1. The molecule has 4 rings (SSSR count). The van der Waals surface area contributed by atoms with Gasteiger partial charge in [-0.1, -0.05) is 30.3 Å². The number of rotatable bonds is 3. The van der Waals surface area contributed by atoms with Gasteiger partial charge in [0.15, 0.2) is 0 Å². The molecular formula is C20H16N2O5S. The van der Waals surface area contributed by atoms with Gasteiger partial charge in [0.1, 0.15) is 4.90 Å². The van der Waals surface area contributed by atoms with Crippen molar-refractivity contribution in [2.24, 2.45) is 0 Å². The van der Waals surface area contributed by atoms with Gasteiger partial charge in [-0.2, -0.15) is 0 Å². The van der Waals surface area contributed by atoms with E-state index in [1.807, 2.05) is 12.1 Å². The second-order valence-electron chi connectivity index (χ2n) is 6.38. The molecule has 2 heterocycles. The summed E-state index contributed by atoms with van der Waals surface area (Å²) >= 11 is 0. The Hall–Kier alpha value is -3.26. The third kappa shape index (κ3) is 2.56. The predicted octanol–water partition coefficient (Wildman–Crippen LogP) is 2.67. The summed E-state index contributed by atoms with van der Waals surface area (Å²) in [5.74, 6) is -1.27. The molecule has 0 bridgehead atoms. The zero-order valence-electron chi connectivity index (χ0n) is 15.2. The molecule has 3 aromatic rings. The minimum atomic E-state index is -4.02. The number of pyridine rings is 1. The number of aromatic nitrogens is 1. The van der Waals surface area contributed by atoms with Crippen LogP contribution in [-0.2, 0) is 21.3 Å². The summed E-state index contributed by atoms with van der Waals surface area (Å²) in [5.41, 5.74) is 1.67. The summed E-state index contributed by atoms with van der Waals surface area (Å²) in [6.07, 6.45) is 0. The Morgan fingerprint density at radius 1 is 1.11 bits per heavy atom. The molecule has 7 nitrogen and oxygen atoms in total. The van der Waals surface area contributed by atoms with Gasteiger partial charge < -0.3 is 4.74 Å². The highest BCUT2D eigenvalue weighted by Crippen LogP contribution is 2.33. The first-order valence-electron chi connectivity index (χ1n) is 8.49. The van der Waals surface area contributed by atoms with Crippen LogP contribution >= 0.6 is 0 Å². The van der Waals surface area contributed by atoms with Crippen LogP contribution in [-0.4, -0.2) is 36.7 Å². The van der Waals surface area contributed by atoms with Crippen LogP contribution in [0.1, 0.15) is 32.0 Å². The normalized spacial score (nSPS) is 14.9. The number of carbonyl (C=O) groups excluding carboxylic acids is 2. The molecule has 2 aromatic carbocycles. The third-order valence-corrected chi connectivity index (χ3v) is 6.61. The number of methoxy groups -OCH3 is 1. The van der Waals surface area contributed by atoms with Crippen molar-refractivity contribution in [2.45, 2.75) is 18.4 Å². The molecule has 1 amide bonds. The number of aryl methyl sites for hydroxylation is 1. The van der Waals surface area contributed by atoms with Gasteiger partial charge >= 0.3 is 5.97 Å². The van der Waals surface area contributed by atoms with Crippen LogP contribution in [0.15, 0.2) is 53.4 Å². The van der Waals surface area contributed by atoms with Crippen molar-refractivity contribution in [1.82, 2.24) is 9.29 Å². The number of benzene rings is 2. The Labute approximate surface area is 161 Å². The maximum atomic E-state index is 12.9. The summed E-state index contributed by atoms with van der Waals surface area (Å²) in [7, 11) is -2.77. The SMILES string of the molecule is COC(=O)c1c(CN2C(=O)c3ccccc3S2(=O)=O)nc2ccccc2c1C. The average molecular weight is 396 g/mol. The number of fused-ring (bicyclic) bond motifs is 2. The van der Waals surface area contributed by atoms with E-state index in [1.54, 1.807) is 31.2 Å². The highest BCUT2D eigenvalue weighted by Gasteiger charge is 2.41. The molecule has 0 N–H and O–H groups in total. The molecule has 28 heavy (non-hydrogen) atoms. The Kier molecular flexibility index (Phi) is 4.15. The Bertz CT molecular complexity index is 1250. The van der Waals surface area contributed by atoms with E-state index in [0.717, 1.165) is 9.69 Å². The fraction of sp³-hybridized carbons (Fsp3) is 0.150. The lowest BCUT2D eigenvalue weighted by atomic mass is 10.0. The van der Waals surface area contributed by atoms with Crippen LogP contribution in [0.3, 0.4) is 0 Å². The molecule has 0 fully saturated rings. The van der Waals surface area contributed by atoms with Crippen molar-refractivity contribution < 1.29 is 22.7 Å². The van der Waals surface area contributed by atoms with Crippen LogP contribution < -0.4 is 0 Å². The number of carbonyl (C=O) groups is 2. The number of nitrogens with zero attached hydrogens (tertiary/aromatic N) is 2. The molecule has 0 radical (unpaired) electrons. The molecule has 1 aromatic heterocycles. The summed E-state index contributed by atoms with van der Waals surface area (Å²) in [4.78, 5) is 29.6. The molecule has 1 aliphatic heterocycles. The largest absolute Gasteiger partial charge is 0.465 e. The Morgan fingerprint density at radius 2 is 1.79 bits per heavy atom. The van der Waals surface area contributed by atoms with Crippen LogP contribution in [0.25, 0.3) is 10.9 Å². The van der Waals surface area contributed by atoms with Crippen LogP contribution in [0.5, 0.6) is 0 Å². The molecule has 0 saturated heterocycles. The van der Waals surface area contributed by atoms with E-state index in [1.165, 1.54) is 19.2 Å². The topological polar surface area (TPSA) is 93.6 Å². The first kappa shape index (κ1) is 18.1. The molecule has 0 spiro atoms. The van der Waals surface area contributed by atoms with Gasteiger partial charge in [0.2, 0.25) is 0 Å². The van der Waals surface area contributed by atoms with E-state index in [9.17, 15) is 18.0 Å². The number of ether oxygens (including phenoxy) is 1. The minimum absolute atomic E-state index is 0.0443. The summed E-state index contributed by atoms with van der Waals surface area (Å²) in [6.45, 7) is 1.39. The first-order chi connectivity index (χ1) is 13.4. The van der Waals surface area contributed by atoms with E-state index >= 15 is 0 Å². The molecule has 142 valence electrons. The van der Waals surface area contributed by atoms with Crippen molar-refractivity contribution in [3.63, 3.8) is 0 Å². The Balaban J connectivity index is 1.89. The number of hydrogen-bond donors (Lipinski definition) is 0.